The Labute approximate surface area is 177 Å². The number of anilines is 1. The van der Waals surface area contributed by atoms with Gasteiger partial charge in [-0.1, -0.05) is 42.1 Å². The molecule has 1 aliphatic carbocycles. The van der Waals surface area contributed by atoms with E-state index in [4.69, 9.17) is 0 Å². The van der Waals surface area contributed by atoms with Gasteiger partial charge in [0.1, 0.15) is 17.5 Å². The third kappa shape index (κ3) is 3.04. The van der Waals surface area contributed by atoms with Gasteiger partial charge in [0, 0.05) is 23.6 Å². The monoisotopic (exact) mass is 420 g/mol. The summed E-state index contributed by atoms with van der Waals surface area (Å²) < 4.78 is 1.75. The molecule has 8 heteroatoms. The molecule has 0 radical (unpaired) electrons. The number of para-hydroxylation sites is 1. The van der Waals surface area contributed by atoms with Crippen molar-refractivity contribution in [1.29, 1.82) is 0 Å². The maximum atomic E-state index is 13.4. The van der Waals surface area contributed by atoms with Crippen LogP contribution in [0.1, 0.15) is 35.9 Å². The molecular formula is C22H20N4O3S. The number of carbonyl (C=O) groups is 1. The van der Waals surface area contributed by atoms with Crippen molar-refractivity contribution in [3.63, 3.8) is 0 Å². The Kier molecular flexibility index (Phi) is 4.51. The van der Waals surface area contributed by atoms with Crippen molar-refractivity contribution in [3.05, 3.63) is 70.9 Å². The summed E-state index contributed by atoms with van der Waals surface area (Å²) in [4.78, 5) is 17.9. The van der Waals surface area contributed by atoms with Crippen LogP contribution < -0.4 is 5.32 Å². The minimum atomic E-state index is -0.414. The SMILES string of the molecule is CSc1nc2n(n1)[C@H](c1ccc(O)cc1)C1=C(C[C@@H](c3ccccc3O)CC1=O)N2. The molecule has 3 N–H and O–H groups in total. The number of aromatic nitrogens is 3. The lowest BCUT2D eigenvalue weighted by atomic mass is 9.77. The zero-order valence-electron chi connectivity index (χ0n) is 16.2. The van der Waals surface area contributed by atoms with Crippen LogP contribution in [0.15, 0.2) is 65.0 Å². The number of benzene rings is 2. The topological polar surface area (TPSA) is 100 Å². The van der Waals surface area contributed by atoms with Crippen LogP contribution in [0.4, 0.5) is 5.95 Å². The third-order valence-electron chi connectivity index (χ3n) is 5.67. The summed E-state index contributed by atoms with van der Waals surface area (Å²) in [6.45, 7) is 0. The fraction of sp³-hybridized carbons (Fsp3) is 0.227. The number of phenolic OH excluding ortho intramolecular Hbond substituents is 2. The summed E-state index contributed by atoms with van der Waals surface area (Å²) >= 11 is 1.44. The summed E-state index contributed by atoms with van der Waals surface area (Å²) in [5, 5.41) is 28.5. The van der Waals surface area contributed by atoms with E-state index in [0.29, 0.717) is 29.5 Å². The summed E-state index contributed by atoms with van der Waals surface area (Å²) in [5.74, 6) is 0.863. The molecule has 3 aromatic rings. The molecule has 2 aliphatic rings. The first-order valence-electron chi connectivity index (χ1n) is 9.65. The Bertz CT molecular complexity index is 1170. The van der Waals surface area contributed by atoms with E-state index in [1.54, 1.807) is 28.9 Å². The summed E-state index contributed by atoms with van der Waals surface area (Å²) in [6.07, 6.45) is 2.81. The minimum absolute atomic E-state index is 0.0157. The lowest BCUT2D eigenvalue weighted by molar-refractivity contribution is -0.116. The zero-order valence-corrected chi connectivity index (χ0v) is 17.1. The highest BCUT2D eigenvalue weighted by Crippen LogP contribution is 2.45. The number of hydrogen-bond acceptors (Lipinski definition) is 7. The highest BCUT2D eigenvalue weighted by Gasteiger charge is 2.40. The predicted octanol–water partition coefficient (Wildman–Crippen LogP) is 3.83. The van der Waals surface area contributed by atoms with Gasteiger partial charge in [-0.25, -0.2) is 4.68 Å². The standard InChI is InChI=1S/C22H20N4O3S/c1-30-22-24-21-23-16-10-13(15-4-2-3-5-17(15)28)11-18(29)19(16)20(26(21)25-22)12-6-8-14(27)9-7-12/h2-9,13,20,27-28H,10-11H2,1H3,(H,23,24,25)/t13-,20-/m1/s1. The number of phenols is 2. The number of nitrogens with zero attached hydrogens (tertiary/aromatic N) is 3. The molecule has 0 saturated heterocycles. The van der Waals surface area contributed by atoms with Crippen molar-refractivity contribution in [2.75, 3.05) is 11.6 Å². The number of Topliss-reactive ketones (excluding diaryl/α,β-unsaturated/α-hetero) is 1. The van der Waals surface area contributed by atoms with Gasteiger partial charge in [0.25, 0.3) is 0 Å². The first kappa shape index (κ1) is 18.7. The molecule has 2 atom stereocenters. The number of allylic oxidation sites excluding steroid dienone is 2. The van der Waals surface area contributed by atoms with Crippen LogP contribution in [0.25, 0.3) is 0 Å². The number of thioether (sulfide) groups is 1. The summed E-state index contributed by atoms with van der Waals surface area (Å²) in [5.41, 5.74) is 3.11. The average Bonchev–Trinajstić information content (AvgIpc) is 3.16. The largest absolute Gasteiger partial charge is 0.508 e. The number of nitrogens with one attached hydrogen (secondary N) is 1. The Morgan fingerprint density at radius 2 is 1.87 bits per heavy atom. The van der Waals surface area contributed by atoms with Crippen molar-refractivity contribution < 1.29 is 15.0 Å². The quantitative estimate of drug-likeness (QED) is 0.554. The fourth-order valence-electron chi connectivity index (χ4n) is 4.30. The van der Waals surface area contributed by atoms with Gasteiger partial charge in [-0.3, -0.25) is 4.79 Å². The lowest BCUT2D eigenvalue weighted by Crippen LogP contribution is -2.33. The first-order valence-corrected chi connectivity index (χ1v) is 10.9. The number of rotatable bonds is 3. The van der Waals surface area contributed by atoms with Crippen LogP contribution in [-0.2, 0) is 4.79 Å². The van der Waals surface area contributed by atoms with E-state index < -0.39 is 6.04 Å². The molecule has 152 valence electrons. The van der Waals surface area contributed by atoms with Crippen molar-refractivity contribution in [3.8, 4) is 11.5 Å². The fourth-order valence-corrected chi connectivity index (χ4v) is 4.64. The van der Waals surface area contributed by atoms with Crippen LogP contribution in [0, 0.1) is 0 Å². The molecule has 5 rings (SSSR count). The van der Waals surface area contributed by atoms with Gasteiger partial charge in [-0.2, -0.15) is 4.98 Å². The third-order valence-corrected chi connectivity index (χ3v) is 6.21. The molecular weight excluding hydrogens is 400 g/mol. The van der Waals surface area contributed by atoms with Gasteiger partial charge >= 0.3 is 0 Å². The number of fused-ring (bicyclic) bond motifs is 1. The second-order valence-electron chi connectivity index (χ2n) is 7.47. The molecule has 7 nitrogen and oxygen atoms in total. The highest BCUT2D eigenvalue weighted by molar-refractivity contribution is 7.98. The van der Waals surface area contributed by atoms with Crippen LogP contribution in [0.5, 0.6) is 11.5 Å². The zero-order chi connectivity index (χ0) is 20.8. The highest BCUT2D eigenvalue weighted by atomic mass is 32.2. The number of ketones is 1. The van der Waals surface area contributed by atoms with E-state index in [1.165, 1.54) is 11.8 Å². The van der Waals surface area contributed by atoms with Gasteiger partial charge < -0.3 is 15.5 Å². The summed E-state index contributed by atoms with van der Waals surface area (Å²) in [7, 11) is 0. The molecule has 0 amide bonds. The lowest BCUT2D eigenvalue weighted by Gasteiger charge is -2.35. The van der Waals surface area contributed by atoms with Crippen molar-refractivity contribution in [1.82, 2.24) is 14.8 Å². The molecule has 1 aromatic heterocycles. The molecule has 0 bridgehead atoms. The van der Waals surface area contributed by atoms with Crippen LogP contribution in [-0.4, -0.2) is 37.0 Å². The van der Waals surface area contributed by atoms with Crippen LogP contribution in [0.2, 0.25) is 0 Å². The van der Waals surface area contributed by atoms with E-state index in [9.17, 15) is 15.0 Å². The Hall–Kier alpha value is -3.26. The Morgan fingerprint density at radius 3 is 2.60 bits per heavy atom. The van der Waals surface area contributed by atoms with Crippen molar-refractivity contribution in [2.24, 2.45) is 0 Å². The van der Waals surface area contributed by atoms with Gasteiger partial charge in [-0.05, 0) is 42.0 Å². The molecule has 0 unspecified atom stereocenters. The molecule has 30 heavy (non-hydrogen) atoms. The average molecular weight is 420 g/mol. The van der Waals surface area contributed by atoms with E-state index in [-0.39, 0.29) is 23.2 Å². The molecule has 1 aliphatic heterocycles. The Balaban J connectivity index is 1.62. The van der Waals surface area contributed by atoms with Crippen LogP contribution >= 0.6 is 11.8 Å². The molecule has 2 heterocycles. The first-order chi connectivity index (χ1) is 14.5. The smallest absolute Gasteiger partial charge is 0.227 e. The molecule has 0 spiro atoms. The molecule has 2 aromatic carbocycles. The predicted molar refractivity (Wildman–Crippen MR) is 114 cm³/mol. The second kappa shape index (κ2) is 7.21. The van der Waals surface area contributed by atoms with E-state index in [1.807, 2.05) is 30.5 Å². The van der Waals surface area contributed by atoms with Gasteiger partial charge in [0.05, 0.1) is 0 Å². The second-order valence-corrected chi connectivity index (χ2v) is 8.24. The van der Waals surface area contributed by atoms with E-state index >= 15 is 0 Å². The van der Waals surface area contributed by atoms with Gasteiger partial charge in [-0.15, -0.1) is 5.10 Å². The summed E-state index contributed by atoms with van der Waals surface area (Å²) in [6, 6.07) is 13.6. The number of aromatic hydroxyl groups is 2. The minimum Gasteiger partial charge on any atom is -0.508 e. The molecule has 0 fully saturated rings. The number of carbonyl (C=O) groups excluding carboxylic acids is 1. The Morgan fingerprint density at radius 1 is 1.10 bits per heavy atom. The van der Waals surface area contributed by atoms with Crippen molar-refractivity contribution >= 4 is 23.5 Å². The van der Waals surface area contributed by atoms with Gasteiger partial charge in [0.15, 0.2) is 5.78 Å². The maximum absolute atomic E-state index is 13.4. The van der Waals surface area contributed by atoms with E-state index in [0.717, 1.165) is 16.8 Å². The van der Waals surface area contributed by atoms with E-state index in [2.05, 4.69) is 15.4 Å². The van der Waals surface area contributed by atoms with Gasteiger partial charge in [0.2, 0.25) is 11.1 Å². The van der Waals surface area contributed by atoms with Crippen molar-refractivity contribution in [2.45, 2.75) is 30.0 Å². The normalized spacial score (nSPS) is 20.5. The maximum Gasteiger partial charge on any atom is 0.227 e. The number of hydrogen-bond donors (Lipinski definition) is 3. The molecule has 0 saturated carbocycles. The van der Waals surface area contributed by atoms with Crippen LogP contribution in [0.3, 0.4) is 0 Å².